The van der Waals surface area contributed by atoms with Gasteiger partial charge in [0.15, 0.2) is 11.5 Å². The van der Waals surface area contributed by atoms with Crippen molar-refractivity contribution in [2.24, 2.45) is 0 Å². The minimum absolute atomic E-state index is 0.0250. The van der Waals surface area contributed by atoms with E-state index in [2.05, 4.69) is 26.8 Å². The molecule has 1 saturated heterocycles. The van der Waals surface area contributed by atoms with Gasteiger partial charge in [0.05, 0.1) is 45.4 Å². The van der Waals surface area contributed by atoms with Crippen molar-refractivity contribution in [1.82, 2.24) is 24.4 Å². The van der Waals surface area contributed by atoms with Crippen LogP contribution in [0.5, 0.6) is 6.01 Å². The molecule has 1 aliphatic heterocycles. The second kappa shape index (κ2) is 16.6. The first-order chi connectivity index (χ1) is 23.6. The van der Waals surface area contributed by atoms with E-state index < -0.39 is 0 Å². The molecule has 0 unspecified atom stereocenters. The maximum atomic E-state index is 14.1. The third-order valence-electron chi connectivity index (χ3n) is 8.56. The lowest BCUT2D eigenvalue weighted by atomic mass is 10.0. The highest BCUT2D eigenvalue weighted by Gasteiger charge is 2.27. The molecule has 2 atom stereocenters. The van der Waals surface area contributed by atoms with Gasteiger partial charge in [0.2, 0.25) is 5.91 Å². The zero-order valence-corrected chi connectivity index (χ0v) is 28.8. The van der Waals surface area contributed by atoms with E-state index in [9.17, 15) is 14.4 Å². The maximum absolute atomic E-state index is 14.1. The zero-order valence-electron chi connectivity index (χ0n) is 28.8. The van der Waals surface area contributed by atoms with Crippen LogP contribution in [-0.2, 0) is 45.0 Å². The molecule has 1 fully saturated rings. The molecule has 262 valence electrons. The van der Waals surface area contributed by atoms with Gasteiger partial charge in [0.1, 0.15) is 5.52 Å². The summed E-state index contributed by atoms with van der Waals surface area (Å²) < 4.78 is 17.9. The molecule has 0 saturated carbocycles. The Kier molecular flexibility index (Phi) is 12.0. The van der Waals surface area contributed by atoms with E-state index in [1.54, 1.807) is 4.57 Å². The number of carbonyl (C=O) groups is 2. The predicted octanol–water partition coefficient (Wildman–Crippen LogP) is 3.87. The quantitative estimate of drug-likeness (QED) is 0.140. The number of imidazole rings is 1. The number of morpholine rings is 1. The Hall–Kier alpha value is -4.75. The highest BCUT2D eigenvalue weighted by molar-refractivity contribution is 5.95. The van der Waals surface area contributed by atoms with Crippen LogP contribution in [-0.4, -0.2) is 81.9 Å². The van der Waals surface area contributed by atoms with Gasteiger partial charge in [-0.15, -0.1) is 0 Å². The summed E-state index contributed by atoms with van der Waals surface area (Å²) in [6, 6.07) is 15.7. The van der Waals surface area contributed by atoms with Crippen molar-refractivity contribution in [2.75, 3.05) is 44.0 Å². The van der Waals surface area contributed by atoms with Gasteiger partial charge in [-0.1, -0.05) is 55.8 Å². The van der Waals surface area contributed by atoms with Gasteiger partial charge in [0.25, 0.3) is 0 Å². The second-order valence-electron chi connectivity index (χ2n) is 12.6. The highest BCUT2D eigenvalue weighted by Crippen LogP contribution is 2.26. The van der Waals surface area contributed by atoms with Gasteiger partial charge in [-0.3, -0.25) is 19.1 Å². The molecule has 0 spiro atoms. The summed E-state index contributed by atoms with van der Waals surface area (Å²) in [6.45, 7) is 8.89. The number of benzene rings is 2. The number of hydrogen-bond donors (Lipinski definition) is 2. The van der Waals surface area contributed by atoms with Crippen LogP contribution in [0.15, 0.2) is 53.3 Å². The molecule has 0 bridgehead atoms. The largest absolute Gasteiger partial charge is 0.469 e. The average molecular weight is 674 g/mol. The number of para-hydroxylation sites is 1. The summed E-state index contributed by atoms with van der Waals surface area (Å²) >= 11 is 0. The van der Waals surface area contributed by atoms with Crippen molar-refractivity contribution < 1.29 is 23.8 Å². The third kappa shape index (κ3) is 9.24. The van der Waals surface area contributed by atoms with Gasteiger partial charge in [-0.25, -0.2) is 4.79 Å². The van der Waals surface area contributed by atoms with Crippen LogP contribution in [0.3, 0.4) is 0 Å². The number of esters is 1. The van der Waals surface area contributed by atoms with E-state index in [4.69, 9.17) is 19.9 Å². The van der Waals surface area contributed by atoms with Crippen LogP contribution >= 0.6 is 0 Å². The fourth-order valence-electron chi connectivity index (χ4n) is 6.21. The number of anilines is 2. The van der Waals surface area contributed by atoms with Crippen molar-refractivity contribution in [3.63, 3.8) is 0 Å². The predicted molar refractivity (Wildman–Crippen MR) is 188 cm³/mol. The van der Waals surface area contributed by atoms with Gasteiger partial charge in [-0.05, 0) is 55.9 Å². The Morgan fingerprint density at radius 2 is 1.76 bits per heavy atom. The van der Waals surface area contributed by atoms with Gasteiger partial charge < -0.3 is 29.8 Å². The standard InChI is InChI=1S/C36H47N7O6/c1-5-6-18-48-35-39-33(37)32-34(40-35)42(36(46)38-32)17-9-11-28-10-7-8-12-29(28)43(30(44)23-41-20-24(2)49-25(3)21-41)22-27-15-13-26(14-16-27)19-31(45)47-4/h7-8,10,12-16,24-25H,5-6,9,11,17-23H2,1-4H3,(H,38,46)(H2,37,39,40)/t24-,25+. The lowest BCUT2D eigenvalue weighted by Gasteiger charge is -2.36. The molecule has 1 amide bonds. The van der Waals surface area contributed by atoms with Gasteiger partial charge in [-0.2, -0.15) is 9.97 Å². The number of nitrogens with zero attached hydrogens (tertiary/aromatic N) is 5. The number of nitrogens with one attached hydrogen (secondary N) is 1. The highest BCUT2D eigenvalue weighted by atomic mass is 16.5. The number of ether oxygens (including phenoxy) is 3. The van der Waals surface area contributed by atoms with E-state index >= 15 is 0 Å². The second-order valence-corrected chi connectivity index (χ2v) is 12.6. The average Bonchev–Trinajstić information content (AvgIpc) is 3.39. The Morgan fingerprint density at radius 1 is 1.04 bits per heavy atom. The summed E-state index contributed by atoms with van der Waals surface area (Å²) in [5.41, 5.74) is 10.2. The number of aromatic amines is 1. The SMILES string of the molecule is CCCCOc1nc(N)c2[nH]c(=O)n(CCCc3ccccc3N(Cc3ccc(CC(=O)OC)cc3)C(=O)CN3C[C@@H](C)O[C@@H](C)C3)c2n1. The molecule has 2 aromatic heterocycles. The van der Waals surface area contributed by atoms with Crippen molar-refractivity contribution in [2.45, 2.75) is 78.2 Å². The fourth-order valence-corrected chi connectivity index (χ4v) is 6.21. The molecule has 3 N–H and O–H groups in total. The van der Waals surface area contributed by atoms with Crippen LogP contribution in [0.2, 0.25) is 0 Å². The molecule has 1 aliphatic rings. The molecular formula is C36H47N7O6. The summed E-state index contributed by atoms with van der Waals surface area (Å²) in [4.78, 5) is 54.3. The number of carbonyl (C=O) groups excluding carboxylic acids is 2. The first-order valence-corrected chi connectivity index (χ1v) is 16.9. The summed E-state index contributed by atoms with van der Waals surface area (Å²) in [5, 5.41) is 0. The number of amides is 1. The normalized spacial score (nSPS) is 16.5. The molecule has 5 rings (SSSR count). The van der Waals surface area contributed by atoms with E-state index in [0.29, 0.717) is 56.8 Å². The minimum atomic E-state index is -0.323. The Morgan fingerprint density at radius 3 is 2.47 bits per heavy atom. The number of unbranched alkanes of at least 4 members (excludes halogenated alkanes) is 1. The molecule has 4 aromatic rings. The number of nitrogens with two attached hydrogens (primary N) is 1. The Balaban J connectivity index is 1.37. The Labute approximate surface area is 286 Å². The lowest BCUT2D eigenvalue weighted by Crippen LogP contribution is -2.49. The van der Waals surface area contributed by atoms with Crippen molar-refractivity contribution in [3.05, 3.63) is 75.7 Å². The van der Waals surface area contributed by atoms with E-state index in [1.165, 1.54) is 7.11 Å². The minimum Gasteiger partial charge on any atom is -0.469 e. The number of methoxy groups -OCH3 is 1. The number of aryl methyl sites for hydroxylation is 2. The first kappa shape index (κ1) is 35.6. The summed E-state index contributed by atoms with van der Waals surface area (Å²) in [5.74, 6) is -0.170. The van der Waals surface area contributed by atoms with Crippen molar-refractivity contribution in [3.8, 4) is 6.01 Å². The first-order valence-electron chi connectivity index (χ1n) is 16.9. The maximum Gasteiger partial charge on any atom is 0.327 e. The van der Waals surface area contributed by atoms with Crippen molar-refractivity contribution >= 4 is 34.5 Å². The van der Waals surface area contributed by atoms with E-state index in [1.807, 2.05) is 67.3 Å². The number of nitrogen functional groups attached to an aromatic ring is 1. The number of rotatable bonds is 15. The van der Waals surface area contributed by atoms with Crippen LogP contribution in [0.4, 0.5) is 11.5 Å². The van der Waals surface area contributed by atoms with Gasteiger partial charge >= 0.3 is 17.7 Å². The molecular weight excluding hydrogens is 626 g/mol. The third-order valence-corrected chi connectivity index (χ3v) is 8.56. The Bertz CT molecular complexity index is 1780. The molecule has 3 heterocycles. The molecule has 49 heavy (non-hydrogen) atoms. The van der Waals surface area contributed by atoms with Crippen molar-refractivity contribution in [1.29, 1.82) is 0 Å². The molecule has 13 heteroatoms. The van der Waals surface area contributed by atoms with E-state index in [0.717, 1.165) is 35.2 Å². The monoisotopic (exact) mass is 673 g/mol. The van der Waals surface area contributed by atoms with Crippen LogP contribution in [0.1, 0.15) is 56.7 Å². The smallest absolute Gasteiger partial charge is 0.327 e. The lowest BCUT2D eigenvalue weighted by molar-refractivity contribution is -0.139. The fraction of sp³-hybridized carbons (Fsp3) is 0.472. The number of hydrogen-bond acceptors (Lipinski definition) is 10. The molecule has 13 nitrogen and oxygen atoms in total. The zero-order chi connectivity index (χ0) is 34.9. The van der Waals surface area contributed by atoms with Crippen LogP contribution in [0, 0.1) is 0 Å². The summed E-state index contributed by atoms with van der Waals surface area (Å²) in [6.07, 6.45) is 3.27. The molecule has 0 radical (unpaired) electrons. The van der Waals surface area contributed by atoms with Crippen LogP contribution < -0.4 is 21.1 Å². The van der Waals surface area contributed by atoms with E-state index in [-0.39, 0.29) is 54.6 Å². The number of fused-ring (bicyclic) bond motifs is 1. The van der Waals surface area contributed by atoms with Gasteiger partial charge in [0, 0.05) is 25.3 Å². The number of H-pyrrole nitrogens is 1. The summed E-state index contributed by atoms with van der Waals surface area (Å²) in [7, 11) is 1.37. The van der Waals surface area contributed by atoms with Crippen LogP contribution in [0.25, 0.3) is 11.2 Å². The number of aromatic nitrogens is 4. The topological polar surface area (TPSA) is 158 Å². The molecule has 0 aliphatic carbocycles. The molecule has 2 aromatic carbocycles.